The standard InChI is InChI=1S/C32H33N4O3/c1-4-38-31(37)18-12-22-36(2,3)21-10-9-20-35-27-15-7-5-13-24(27)26(25-14-6-8-16-28(25)35)23-30-34-32-29(39-30)17-11-19-33-32/h1,5-8,11,13-17,19,23H,9-10,12,18,20-22H2,2-3H3/q+1. The number of fused-ring (bicyclic) bond motifs is 3. The van der Waals surface area contributed by atoms with Crippen molar-refractivity contribution in [2.75, 3.05) is 38.6 Å². The molecule has 2 aromatic heterocycles. The highest BCUT2D eigenvalue weighted by Crippen LogP contribution is 2.45. The van der Waals surface area contributed by atoms with E-state index in [1.165, 1.54) is 11.4 Å². The number of anilines is 2. The van der Waals surface area contributed by atoms with Gasteiger partial charge in [-0.15, -0.1) is 0 Å². The summed E-state index contributed by atoms with van der Waals surface area (Å²) in [5, 5.41) is 0. The van der Waals surface area contributed by atoms with E-state index in [4.69, 9.17) is 10.8 Å². The molecule has 0 fully saturated rings. The third kappa shape index (κ3) is 6.02. The first kappa shape index (κ1) is 26.2. The zero-order chi connectivity index (χ0) is 27.2. The summed E-state index contributed by atoms with van der Waals surface area (Å²) in [7, 11) is 4.41. The lowest BCUT2D eigenvalue weighted by Crippen LogP contribution is -2.41. The van der Waals surface area contributed by atoms with Crippen LogP contribution in [0.3, 0.4) is 0 Å². The minimum Gasteiger partial charge on any atom is -0.435 e. The van der Waals surface area contributed by atoms with Gasteiger partial charge in [-0.2, -0.15) is 4.98 Å². The number of para-hydroxylation sites is 2. The number of carbonyl (C=O) groups is 1. The maximum Gasteiger partial charge on any atom is 0.319 e. The number of aromatic nitrogens is 2. The molecule has 39 heavy (non-hydrogen) atoms. The van der Waals surface area contributed by atoms with Gasteiger partial charge in [-0.3, -0.25) is 4.79 Å². The summed E-state index contributed by atoms with van der Waals surface area (Å²) in [5.41, 5.74) is 7.04. The third-order valence-electron chi connectivity index (χ3n) is 7.13. The van der Waals surface area contributed by atoms with Crippen LogP contribution >= 0.6 is 0 Å². The number of rotatable bonds is 10. The van der Waals surface area contributed by atoms with Crippen LogP contribution in [0, 0.1) is 12.5 Å². The quantitative estimate of drug-likeness (QED) is 0.110. The summed E-state index contributed by atoms with van der Waals surface area (Å²) >= 11 is 0. The summed E-state index contributed by atoms with van der Waals surface area (Å²) < 4.78 is 11.4. The van der Waals surface area contributed by atoms with Gasteiger partial charge in [0.05, 0.1) is 33.6 Å². The van der Waals surface area contributed by atoms with E-state index in [1.807, 2.05) is 24.3 Å². The van der Waals surface area contributed by atoms with Crippen LogP contribution in [0.15, 0.2) is 71.3 Å². The maximum absolute atomic E-state index is 11.5. The SMILES string of the molecule is C#COC(=O)CCC[N+](C)(C)CCCCN1c2ccccc2C(=Cc2nc3ncccc3o2)c2ccccc21. The van der Waals surface area contributed by atoms with E-state index in [-0.39, 0.29) is 5.97 Å². The lowest BCUT2D eigenvalue weighted by molar-refractivity contribution is -0.890. The predicted octanol–water partition coefficient (Wildman–Crippen LogP) is 6.03. The Morgan fingerprint density at radius 2 is 1.69 bits per heavy atom. The van der Waals surface area contributed by atoms with Crippen molar-refractivity contribution >= 4 is 40.2 Å². The second-order valence-electron chi connectivity index (χ2n) is 10.4. The molecule has 0 saturated carbocycles. The number of hydrogen-bond donors (Lipinski definition) is 0. The summed E-state index contributed by atoms with van der Waals surface area (Å²) in [6.45, 7) is 2.83. The van der Waals surface area contributed by atoms with Crippen molar-refractivity contribution in [1.29, 1.82) is 0 Å². The number of oxazole rings is 1. The molecule has 2 aromatic carbocycles. The normalized spacial score (nSPS) is 12.5. The molecule has 0 unspecified atom stereocenters. The number of terminal acetylenes is 1. The van der Waals surface area contributed by atoms with Crippen LogP contribution in [0.4, 0.5) is 11.4 Å². The highest BCUT2D eigenvalue weighted by molar-refractivity contribution is 6.03. The Morgan fingerprint density at radius 1 is 1.00 bits per heavy atom. The van der Waals surface area contributed by atoms with E-state index < -0.39 is 0 Å². The van der Waals surface area contributed by atoms with Gasteiger partial charge in [-0.05, 0) is 42.7 Å². The molecule has 0 radical (unpaired) electrons. The maximum atomic E-state index is 11.5. The van der Waals surface area contributed by atoms with Gasteiger partial charge in [0.15, 0.2) is 11.2 Å². The first-order chi connectivity index (χ1) is 18.9. The molecule has 3 heterocycles. The fourth-order valence-corrected chi connectivity index (χ4v) is 5.21. The molecule has 0 spiro atoms. The molecular formula is C32H33N4O3+. The Labute approximate surface area is 229 Å². The minimum atomic E-state index is -0.332. The topological polar surface area (TPSA) is 68.5 Å². The zero-order valence-corrected chi connectivity index (χ0v) is 22.5. The number of nitrogens with zero attached hydrogens (tertiary/aromatic N) is 4. The molecule has 7 heteroatoms. The van der Waals surface area contributed by atoms with Gasteiger partial charge in [0.25, 0.3) is 0 Å². The van der Waals surface area contributed by atoms with Crippen molar-refractivity contribution in [3.05, 3.63) is 83.9 Å². The Kier molecular flexibility index (Phi) is 7.76. The fourth-order valence-electron chi connectivity index (χ4n) is 5.21. The third-order valence-corrected chi connectivity index (χ3v) is 7.13. The van der Waals surface area contributed by atoms with Gasteiger partial charge in [0, 0.05) is 47.7 Å². The van der Waals surface area contributed by atoms with Crippen molar-refractivity contribution in [2.24, 2.45) is 0 Å². The number of pyridine rings is 1. The van der Waals surface area contributed by atoms with Crippen molar-refractivity contribution in [3.63, 3.8) is 0 Å². The van der Waals surface area contributed by atoms with Gasteiger partial charge in [-0.25, -0.2) is 4.98 Å². The minimum absolute atomic E-state index is 0.332. The molecule has 0 amide bonds. The number of quaternary nitrogens is 1. The molecule has 0 aliphatic carbocycles. The molecule has 4 aromatic rings. The van der Waals surface area contributed by atoms with Crippen molar-refractivity contribution in [1.82, 2.24) is 9.97 Å². The van der Waals surface area contributed by atoms with Gasteiger partial charge >= 0.3 is 5.97 Å². The van der Waals surface area contributed by atoms with Crippen LogP contribution < -0.4 is 4.90 Å². The molecule has 5 rings (SSSR count). The van der Waals surface area contributed by atoms with E-state index in [1.54, 1.807) is 6.20 Å². The van der Waals surface area contributed by atoms with Gasteiger partial charge in [-0.1, -0.05) is 42.8 Å². The van der Waals surface area contributed by atoms with Crippen LogP contribution in [0.5, 0.6) is 0 Å². The van der Waals surface area contributed by atoms with Crippen LogP contribution in [-0.4, -0.2) is 54.1 Å². The molecule has 198 valence electrons. The molecule has 0 saturated heterocycles. The smallest absolute Gasteiger partial charge is 0.319 e. The van der Waals surface area contributed by atoms with Crippen LogP contribution in [-0.2, 0) is 9.53 Å². The van der Waals surface area contributed by atoms with Crippen molar-refractivity contribution in [2.45, 2.75) is 25.7 Å². The van der Waals surface area contributed by atoms with E-state index in [2.05, 4.69) is 82.2 Å². The van der Waals surface area contributed by atoms with Gasteiger partial charge in [0.2, 0.25) is 5.89 Å². The number of esters is 1. The van der Waals surface area contributed by atoms with Crippen LogP contribution in [0.2, 0.25) is 0 Å². The Morgan fingerprint density at radius 3 is 2.38 bits per heavy atom. The zero-order valence-electron chi connectivity index (χ0n) is 22.5. The van der Waals surface area contributed by atoms with E-state index >= 15 is 0 Å². The van der Waals surface area contributed by atoms with Gasteiger partial charge < -0.3 is 18.5 Å². The molecule has 0 bridgehead atoms. The van der Waals surface area contributed by atoms with Crippen molar-refractivity contribution in [3.8, 4) is 12.5 Å². The monoisotopic (exact) mass is 521 g/mol. The summed E-state index contributed by atoms with van der Waals surface area (Å²) in [4.78, 5) is 22.9. The van der Waals surface area contributed by atoms with Crippen molar-refractivity contribution < 1.29 is 18.4 Å². The predicted molar refractivity (Wildman–Crippen MR) is 154 cm³/mol. The highest BCUT2D eigenvalue weighted by atomic mass is 16.5. The van der Waals surface area contributed by atoms with E-state index in [0.29, 0.717) is 23.5 Å². The van der Waals surface area contributed by atoms with E-state index in [0.717, 1.165) is 60.1 Å². The summed E-state index contributed by atoms with van der Waals surface area (Å²) in [6.07, 6.45) is 13.9. The van der Waals surface area contributed by atoms with E-state index in [9.17, 15) is 4.79 Å². The molecule has 0 atom stereocenters. The number of hydrogen-bond acceptors (Lipinski definition) is 6. The Bertz CT molecular complexity index is 1460. The highest BCUT2D eigenvalue weighted by Gasteiger charge is 2.26. The first-order valence-corrected chi connectivity index (χ1v) is 13.3. The second kappa shape index (κ2) is 11.5. The number of unbranched alkanes of at least 4 members (excludes halogenated alkanes) is 1. The Hall–Kier alpha value is -4.41. The lowest BCUT2D eigenvalue weighted by Gasteiger charge is -2.35. The lowest BCUT2D eigenvalue weighted by atomic mass is 9.89. The molecule has 7 nitrogen and oxygen atoms in total. The number of carbonyl (C=O) groups excluding carboxylic acids is 1. The van der Waals surface area contributed by atoms with Crippen LogP contribution in [0.1, 0.15) is 42.7 Å². The average molecular weight is 522 g/mol. The number of benzene rings is 2. The summed E-state index contributed by atoms with van der Waals surface area (Å²) in [5.74, 6) is 0.213. The first-order valence-electron chi connectivity index (χ1n) is 13.3. The average Bonchev–Trinajstić information content (AvgIpc) is 3.35. The molecule has 0 N–H and O–H groups in total. The molecule has 1 aliphatic heterocycles. The molecular weight excluding hydrogens is 488 g/mol. The van der Waals surface area contributed by atoms with Crippen LogP contribution in [0.25, 0.3) is 22.9 Å². The largest absolute Gasteiger partial charge is 0.435 e. The Balaban J connectivity index is 1.31. The summed E-state index contributed by atoms with van der Waals surface area (Å²) in [6, 6.07) is 20.8. The second-order valence-corrected chi connectivity index (χ2v) is 10.4. The van der Waals surface area contributed by atoms with Gasteiger partial charge in [0.1, 0.15) is 6.11 Å². The number of ether oxygens (including phenoxy) is 1. The molecule has 1 aliphatic rings. The fraction of sp³-hybridized carbons (Fsp3) is 0.281.